The molecule has 17 heavy (non-hydrogen) atoms. The van der Waals surface area contributed by atoms with E-state index in [0.717, 1.165) is 12.0 Å². The third-order valence-electron chi connectivity index (χ3n) is 2.87. The van der Waals surface area contributed by atoms with Crippen LogP contribution in [0.3, 0.4) is 0 Å². The van der Waals surface area contributed by atoms with Crippen molar-refractivity contribution in [1.29, 1.82) is 0 Å². The molecule has 1 aromatic carbocycles. The Labute approximate surface area is 105 Å². The number of benzene rings is 1. The van der Waals surface area contributed by atoms with Gasteiger partial charge in [-0.3, -0.25) is 9.59 Å². The number of ketones is 1. The van der Waals surface area contributed by atoms with Crippen molar-refractivity contribution in [3.8, 4) is 0 Å². The number of carbonyl (C=O) groups excluding carboxylic acids is 2. The minimum atomic E-state index is -0.0672. The SMILES string of the molecule is O=C1CCCN(Cc2ccc(Cl)cc2)C(=O)C1. The molecule has 0 radical (unpaired) electrons. The van der Waals surface area contributed by atoms with E-state index in [9.17, 15) is 9.59 Å². The second-order valence-electron chi connectivity index (χ2n) is 4.26. The van der Waals surface area contributed by atoms with Crippen LogP contribution in [-0.2, 0) is 16.1 Å². The molecule has 0 atom stereocenters. The molecule has 0 aromatic heterocycles. The Morgan fingerprint density at radius 2 is 1.88 bits per heavy atom. The second kappa shape index (κ2) is 5.32. The molecule has 1 aliphatic heterocycles. The van der Waals surface area contributed by atoms with Crippen molar-refractivity contribution in [2.45, 2.75) is 25.8 Å². The molecule has 2 rings (SSSR count). The van der Waals surface area contributed by atoms with E-state index in [1.54, 1.807) is 4.90 Å². The molecule has 0 saturated carbocycles. The summed E-state index contributed by atoms with van der Waals surface area (Å²) in [5.74, 6) is -0.0175. The number of halogens is 1. The van der Waals surface area contributed by atoms with Gasteiger partial charge in [-0.05, 0) is 24.1 Å². The lowest BCUT2D eigenvalue weighted by molar-refractivity contribution is -0.134. The van der Waals surface area contributed by atoms with Crippen LogP contribution in [0.5, 0.6) is 0 Å². The van der Waals surface area contributed by atoms with E-state index in [4.69, 9.17) is 11.6 Å². The van der Waals surface area contributed by atoms with E-state index in [0.29, 0.717) is 24.5 Å². The third-order valence-corrected chi connectivity index (χ3v) is 3.12. The Balaban J connectivity index is 2.04. The normalized spacial score (nSPS) is 17.1. The van der Waals surface area contributed by atoms with Crippen molar-refractivity contribution in [2.24, 2.45) is 0 Å². The summed E-state index contributed by atoms with van der Waals surface area (Å²) in [4.78, 5) is 24.8. The topological polar surface area (TPSA) is 37.4 Å². The van der Waals surface area contributed by atoms with Gasteiger partial charge in [-0.15, -0.1) is 0 Å². The highest BCUT2D eigenvalue weighted by Gasteiger charge is 2.21. The van der Waals surface area contributed by atoms with Crippen LogP contribution in [0.15, 0.2) is 24.3 Å². The molecular formula is C13H14ClNO2. The van der Waals surface area contributed by atoms with Crippen molar-refractivity contribution < 1.29 is 9.59 Å². The summed E-state index contributed by atoms with van der Waals surface area (Å²) in [6, 6.07) is 7.43. The zero-order valence-electron chi connectivity index (χ0n) is 9.49. The molecule has 0 N–H and O–H groups in total. The zero-order valence-corrected chi connectivity index (χ0v) is 10.2. The lowest BCUT2D eigenvalue weighted by Crippen LogP contribution is -2.30. The van der Waals surface area contributed by atoms with E-state index in [2.05, 4.69) is 0 Å². The maximum atomic E-state index is 11.8. The van der Waals surface area contributed by atoms with Gasteiger partial charge in [-0.25, -0.2) is 0 Å². The number of nitrogens with zero attached hydrogens (tertiary/aromatic N) is 1. The van der Waals surface area contributed by atoms with Crippen LogP contribution in [0.1, 0.15) is 24.8 Å². The van der Waals surface area contributed by atoms with Gasteiger partial charge in [0, 0.05) is 24.5 Å². The fourth-order valence-electron chi connectivity index (χ4n) is 1.94. The molecule has 1 heterocycles. The summed E-state index contributed by atoms with van der Waals surface area (Å²) in [7, 11) is 0. The molecule has 1 aliphatic rings. The molecule has 1 amide bonds. The Bertz CT molecular complexity index is 428. The van der Waals surface area contributed by atoms with Crippen LogP contribution in [0.25, 0.3) is 0 Å². The largest absolute Gasteiger partial charge is 0.338 e. The van der Waals surface area contributed by atoms with Crippen molar-refractivity contribution in [3.05, 3.63) is 34.9 Å². The van der Waals surface area contributed by atoms with Crippen LogP contribution < -0.4 is 0 Å². The van der Waals surface area contributed by atoms with Crippen LogP contribution >= 0.6 is 11.6 Å². The fraction of sp³-hybridized carbons (Fsp3) is 0.385. The van der Waals surface area contributed by atoms with E-state index < -0.39 is 0 Å². The lowest BCUT2D eigenvalue weighted by atomic mass is 10.2. The Morgan fingerprint density at radius 1 is 1.18 bits per heavy atom. The van der Waals surface area contributed by atoms with Crippen LogP contribution in [0.2, 0.25) is 5.02 Å². The molecule has 1 aromatic rings. The highest BCUT2D eigenvalue weighted by Crippen LogP contribution is 2.15. The predicted molar refractivity (Wildman–Crippen MR) is 65.7 cm³/mol. The van der Waals surface area contributed by atoms with Gasteiger partial charge in [0.15, 0.2) is 0 Å². The molecule has 0 aliphatic carbocycles. The van der Waals surface area contributed by atoms with Gasteiger partial charge in [-0.2, -0.15) is 0 Å². The molecule has 0 unspecified atom stereocenters. The molecular weight excluding hydrogens is 238 g/mol. The molecule has 1 saturated heterocycles. The van der Waals surface area contributed by atoms with Gasteiger partial charge in [0.2, 0.25) is 5.91 Å². The van der Waals surface area contributed by atoms with Crippen molar-refractivity contribution in [1.82, 2.24) is 4.90 Å². The highest BCUT2D eigenvalue weighted by atomic mass is 35.5. The van der Waals surface area contributed by atoms with Crippen LogP contribution in [0, 0.1) is 0 Å². The average molecular weight is 252 g/mol. The van der Waals surface area contributed by atoms with Crippen LogP contribution in [-0.4, -0.2) is 23.1 Å². The minimum absolute atomic E-state index is 0.0492. The predicted octanol–water partition coefficient (Wildman–Crippen LogP) is 2.42. The summed E-state index contributed by atoms with van der Waals surface area (Å²) < 4.78 is 0. The monoisotopic (exact) mass is 251 g/mol. The number of Topliss-reactive ketones (excluding diaryl/α,β-unsaturated/α-hetero) is 1. The van der Waals surface area contributed by atoms with Crippen LogP contribution in [0.4, 0.5) is 0 Å². The highest BCUT2D eigenvalue weighted by molar-refractivity contribution is 6.30. The Hall–Kier alpha value is -1.35. The number of hydrogen-bond acceptors (Lipinski definition) is 2. The van der Waals surface area contributed by atoms with Crippen molar-refractivity contribution >= 4 is 23.3 Å². The molecule has 0 bridgehead atoms. The summed E-state index contributed by atoms with van der Waals surface area (Å²) in [6.07, 6.45) is 1.33. The Morgan fingerprint density at radius 3 is 2.59 bits per heavy atom. The number of likely N-dealkylation sites (tertiary alicyclic amines) is 1. The van der Waals surface area contributed by atoms with Gasteiger partial charge < -0.3 is 4.90 Å². The first-order chi connectivity index (χ1) is 8.15. The summed E-state index contributed by atoms with van der Waals surface area (Å²) in [5.41, 5.74) is 1.04. The molecule has 4 heteroatoms. The third kappa shape index (κ3) is 3.30. The fourth-order valence-corrected chi connectivity index (χ4v) is 2.06. The summed E-state index contributed by atoms with van der Waals surface area (Å²) in [6.45, 7) is 1.22. The number of rotatable bonds is 2. The van der Waals surface area contributed by atoms with Crippen molar-refractivity contribution in [3.63, 3.8) is 0 Å². The first kappa shape index (κ1) is 12.1. The number of carbonyl (C=O) groups is 2. The lowest BCUT2D eigenvalue weighted by Gasteiger charge is -2.20. The maximum Gasteiger partial charge on any atom is 0.230 e. The van der Waals surface area contributed by atoms with Gasteiger partial charge in [0.25, 0.3) is 0 Å². The number of amides is 1. The molecule has 90 valence electrons. The minimum Gasteiger partial charge on any atom is -0.338 e. The smallest absolute Gasteiger partial charge is 0.230 e. The summed E-state index contributed by atoms with van der Waals surface area (Å²) in [5, 5.41) is 0.686. The van der Waals surface area contributed by atoms with E-state index in [-0.39, 0.29) is 18.1 Å². The molecule has 0 spiro atoms. The van der Waals surface area contributed by atoms with E-state index in [1.165, 1.54) is 0 Å². The second-order valence-corrected chi connectivity index (χ2v) is 4.70. The van der Waals surface area contributed by atoms with E-state index in [1.807, 2.05) is 24.3 Å². The molecule has 1 fully saturated rings. The van der Waals surface area contributed by atoms with Gasteiger partial charge >= 0.3 is 0 Å². The standard InChI is InChI=1S/C13H14ClNO2/c14-11-5-3-10(4-6-11)9-15-7-1-2-12(16)8-13(15)17/h3-6H,1-2,7-9H2. The molecule has 3 nitrogen and oxygen atoms in total. The number of hydrogen-bond donors (Lipinski definition) is 0. The van der Waals surface area contributed by atoms with Gasteiger partial charge in [0.05, 0.1) is 6.42 Å². The zero-order chi connectivity index (χ0) is 12.3. The quantitative estimate of drug-likeness (QED) is 0.757. The first-order valence-electron chi connectivity index (χ1n) is 5.69. The first-order valence-corrected chi connectivity index (χ1v) is 6.07. The van der Waals surface area contributed by atoms with E-state index >= 15 is 0 Å². The van der Waals surface area contributed by atoms with Crippen molar-refractivity contribution in [2.75, 3.05) is 6.54 Å². The maximum absolute atomic E-state index is 11.8. The average Bonchev–Trinajstić information content (AvgIpc) is 2.44. The summed E-state index contributed by atoms with van der Waals surface area (Å²) >= 11 is 5.80. The Kier molecular flexibility index (Phi) is 3.79. The van der Waals surface area contributed by atoms with Gasteiger partial charge in [0.1, 0.15) is 5.78 Å². The van der Waals surface area contributed by atoms with Gasteiger partial charge in [-0.1, -0.05) is 23.7 Å².